The molecule has 0 unspecified atom stereocenters. The molecule has 1 aliphatic carbocycles. The van der Waals surface area contributed by atoms with Gasteiger partial charge in [-0.3, -0.25) is 4.68 Å². The first-order chi connectivity index (χ1) is 17.6. The molecule has 0 saturated heterocycles. The number of halogens is 1. The van der Waals surface area contributed by atoms with Gasteiger partial charge in [0.05, 0.1) is 6.61 Å². The highest BCUT2D eigenvalue weighted by Crippen LogP contribution is 2.37. The zero-order chi connectivity index (χ0) is 24.9. The lowest BCUT2D eigenvalue weighted by Crippen LogP contribution is -2.22. The first kappa shape index (κ1) is 24.5. The number of aromatic nitrogens is 2. The number of ether oxygens (including phenoxy) is 1. The van der Waals surface area contributed by atoms with Crippen molar-refractivity contribution in [3.8, 4) is 22.4 Å². The van der Waals surface area contributed by atoms with Gasteiger partial charge in [0.15, 0.2) is 0 Å². The molecular weight excluding hydrogens is 447 g/mol. The van der Waals surface area contributed by atoms with Crippen LogP contribution in [-0.4, -0.2) is 16.4 Å². The van der Waals surface area contributed by atoms with Gasteiger partial charge in [0.1, 0.15) is 11.5 Å². The van der Waals surface area contributed by atoms with Gasteiger partial charge < -0.3 is 4.74 Å². The van der Waals surface area contributed by atoms with Crippen LogP contribution in [0.15, 0.2) is 78.9 Å². The van der Waals surface area contributed by atoms with Crippen molar-refractivity contribution in [1.82, 2.24) is 9.78 Å². The molecule has 0 aliphatic heterocycles. The standard InChI is InChI=1S/C32H35FN2O/c1-23-13-18-29(30(33)19-23)32-31(28-11-7-4-8-12-28)24(2)35(34-32)20-25-14-16-27(17-15-25)22-36-21-26-9-5-3-6-10-26/h3-13,18-19,25,27H,14-17,20-22H2,1-2H3/t25-,27+. The maximum atomic E-state index is 15.0. The van der Waals surface area contributed by atoms with E-state index in [1.807, 2.05) is 43.3 Å². The number of hydrogen-bond donors (Lipinski definition) is 0. The van der Waals surface area contributed by atoms with Gasteiger partial charge >= 0.3 is 0 Å². The summed E-state index contributed by atoms with van der Waals surface area (Å²) in [4.78, 5) is 0. The molecule has 0 amide bonds. The highest BCUT2D eigenvalue weighted by atomic mass is 19.1. The van der Waals surface area contributed by atoms with Crippen LogP contribution < -0.4 is 0 Å². The fraction of sp³-hybridized carbons (Fsp3) is 0.344. The van der Waals surface area contributed by atoms with Gasteiger partial charge in [0.2, 0.25) is 0 Å². The normalized spacial score (nSPS) is 17.9. The van der Waals surface area contributed by atoms with E-state index in [1.54, 1.807) is 6.07 Å². The number of hydrogen-bond acceptors (Lipinski definition) is 2. The van der Waals surface area contributed by atoms with E-state index in [9.17, 15) is 0 Å². The monoisotopic (exact) mass is 482 g/mol. The summed E-state index contributed by atoms with van der Waals surface area (Å²) in [6.07, 6.45) is 4.72. The van der Waals surface area contributed by atoms with E-state index in [0.717, 1.165) is 41.2 Å². The molecule has 0 atom stereocenters. The summed E-state index contributed by atoms with van der Waals surface area (Å²) in [6, 6.07) is 26.1. The quantitative estimate of drug-likeness (QED) is 0.254. The summed E-state index contributed by atoms with van der Waals surface area (Å²) in [5.74, 6) is 0.988. The maximum Gasteiger partial charge on any atom is 0.132 e. The molecule has 0 N–H and O–H groups in total. The van der Waals surface area contributed by atoms with Crippen LogP contribution in [0.4, 0.5) is 4.39 Å². The fourth-order valence-corrected chi connectivity index (χ4v) is 5.42. The second-order valence-corrected chi connectivity index (χ2v) is 10.2. The minimum atomic E-state index is -0.215. The molecule has 3 nitrogen and oxygen atoms in total. The highest BCUT2D eigenvalue weighted by Gasteiger charge is 2.25. The van der Waals surface area contributed by atoms with Gasteiger partial charge in [-0.15, -0.1) is 0 Å². The van der Waals surface area contributed by atoms with Crippen molar-refractivity contribution in [2.45, 2.75) is 52.7 Å². The van der Waals surface area contributed by atoms with Gasteiger partial charge in [0, 0.05) is 30.0 Å². The van der Waals surface area contributed by atoms with Crippen molar-refractivity contribution >= 4 is 0 Å². The van der Waals surface area contributed by atoms with E-state index in [0.29, 0.717) is 24.0 Å². The Morgan fingerprint density at radius 3 is 2.22 bits per heavy atom. The Balaban J connectivity index is 1.28. The van der Waals surface area contributed by atoms with Crippen molar-refractivity contribution < 1.29 is 9.13 Å². The largest absolute Gasteiger partial charge is 0.376 e. The molecule has 4 aromatic rings. The number of rotatable bonds is 8. The van der Waals surface area contributed by atoms with Crippen molar-refractivity contribution in [2.24, 2.45) is 11.8 Å². The van der Waals surface area contributed by atoms with E-state index >= 15 is 4.39 Å². The van der Waals surface area contributed by atoms with E-state index in [4.69, 9.17) is 9.84 Å². The molecule has 0 bridgehead atoms. The molecule has 3 aromatic carbocycles. The molecular formula is C32H35FN2O. The van der Waals surface area contributed by atoms with Gasteiger partial charge in [-0.25, -0.2) is 4.39 Å². The van der Waals surface area contributed by atoms with Gasteiger partial charge in [-0.2, -0.15) is 5.10 Å². The second-order valence-electron chi connectivity index (χ2n) is 10.2. The predicted octanol–water partition coefficient (Wildman–Crippen LogP) is 8.00. The Kier molecular flexibility index (Phi) is 7.62. The first-order valence-corrected chi connectivity index (χ1v) is 13.1. The van der Waals surface area contributed by atoms with Crippen molar-refractivity contribution in [1.29, 1.82) is 0 Å². The molecule has 0 radical (unpaired) electrons. The third kappa shape index (κ3) is 5.60. The topological polar surface area (TPSA) is 27.1 Å². The Labute approximate surface area is 213 Å². The zero-order valence-corrected chi connectivity index (χ0v) is 21.3. The molecule has 1 saturated carbocycles. The Morgan fingerprint density at radius 2 is 1.53 bits per heavy atom. The van der Waals surface area contributed by atoms with Crippen molar-refractivity contribution in [2.75, 3.05) is 6.61 Å². The molecule has 1 aromatic heterocycles. The van der Waals surface area contributed by atoms with Crippen LogP contribution >= 0.6 is 0 Å². The minimum absolute atomic E-state index is 0.215. The molecule has 4 heteroatoms. The summed E-state index contributed by atoms with van der Waals surface area (Å²) in [5, 5.41) is 5.00. The first-order valence-electron chi connectivity index (χ1n) is 13.1. The van der Waals surface area contributed by atoms with Gasteiger partial charge in [-0.1, -0.05) is 66.7 Å². The lowest BCUT2D eigenvalue weighted by molar-refractivity contribution is 0.0653. The van der Waals surface area contributed by atoms with Crippen molar-refractivity contribution in [3.63, 3.8) is 0 Å². The van der Waals surface area contributed by atoms with Crippen LogP contribution in [0.3, 0.4) is 0 Å². The molecule has 1 fully saturated rings. The van der Waals surface area contributed by atoms with Crippen LogP contribution in [0.1, 0.15) is 42.5 Å². The summed E-state index contributed by atoms with van der Waals surface area (Å²) in [7, 11) is 0. The lowest BCUT2D eigenvalue weighted by Gasteiger charge is -2.28. The fourth-order valence-electron chi connectivity index (χ4n) is 5.42. The Bertz CT molecular complexity index is 1270. The average molecular weight is 483 g/mol. The summed E-state index contributed by atoms with van der Waals surface area (Å²) >= 11 is 0. The van der Waals surface area contributed by atoms with Crippen LogP contribution in [-0.2, 0) is 17.9 Å². The third-order valence-electron chi connectivity index (χ3n) is 7.51. The second kappa shape index (κ2) is 11.2. The van der Waals surface area contributed by atoms with Gasteiger partial charge in [-0.05, 0) is 80.2 Å². The highest BCUT2D eigenvalue weighted by molar-refractivity contribution is 5.83. The van der Waals surface area contributed by atoms with E-state index in [1.165, 1.54) is 31.2 Å². The zero-order valence-electron chi connectivity index (χ0n) is 21.3. The molecule has 1 aliphatic rings. The lowest BCUT2D eigenvalue weighted by atomic mass is 9.82. The SMILES string of the molecule is Cc1ccc(-c2nn(C[C@H]3CC[C@@H](COCc4ccccc4)CC3)c(C)c2-c2ccccc2)c(F)c1. The molecule has 186 valence electrons. The minimum Gasteiger partial charge on any atom is -0.376 e. The predicted molar refractivity (Wildman–Crippen MR) is 144 cm³/mol. The molecule has 5 rings (SSSR count). The number of nitrogens with zero attached hydrogens (tertiary/aromatic N) is 2. The molecule has 0 spiro atoms. The third-order valence-corrected chi connectivity index (χ3v) is 7.51. The summed E-state index contributed by atoms with van der Waals surface area (Å²) in [5.41, 5.74) is 6.66. The van der Waals surface area contributed by atoms with E-state index in [-0.39, 0.29) is 5.82 Å². The number of aryl methyl sites for hydroxylation is 1. The Hall–Kier alpha value is -3.24. The smallest absolute Gasteiger partial charge is 0.132 e. The average Bonchev–Trinajstić information content (AvgIpc) is 3.21. The van der Waals surface area contributed by atoms with E-state index in [2.05, 4.69) is 48.0 Å². The van der Waals surface area contributed by atoms with Crippen LogP contribution in [0.5, 0.6) is 0 Å². The van der Waals surface area contributed by atoms with Crippen LogP contribution in [0, 0.1) is 31.5 Å². The van der Waals surface area contributed by atoms with Crippen LogP contribution in [0.2, 0.25) is 0 Å². The van der Waals surface area contributed by atoms with Gasteiger partial charge in [0.25, 0.3) is 0 Å². The van der Waals surface area contributed by atoms with E-state index < -0.39 is 0 Å². The van der Waals surface area contributed by atoms with Crippen molar-refractivity contribution in [3.05, 3.63) is 102 Å². The number of benzene rings is 3. The Morgan fingerprint density at radius 1 is 0.861 bits per heavy atom. The molecule has 36 heavy (non-hydrogen) atoms. The maximum absolute atomic E-state index is 15.0. The summed E-state index contributed by atoms with van der Waals surface area (Å²) < 4.78 is 23.2. The molecule has 1 heterocycles. The van der Waals surface area contributed by atoms with Crippen LogP contribution in [0.25, 0.3) is 22.4 Å². The summed E-state index contributed by atoms with van der Waals surface area (Å²) in [6.45, 7) is 6.42.